The van der Waals surface area contributed by atoms with Crippen molar-refractivity contribution < 1.29 is 23.4 Å². The van der Waals surface area contributed by atoms with E-state index in [1.807, 2.05) is 29.2 Å². The molecule has 1 amide bonds. The summed E-state index contributed by atoms with van der Waals surface area (Å²) in [6, 6.07) is 8.08. The molecule has 144 valence electrons. The van der Waals surface area contributed by atoms with Gasteiger partial charge in [0.2, 0.25) is 5.91 Å². The number of carbonyl (C=O) groups is 1. The molecule has 26 heavy (non-hydrogen) atoms. The predicted octanol–water partition coefficient (Wildman–Crippen LogP) is 3.56. The zero-order valence-corrected chi connectivity index (χ0v) is 15.2. The van der Waals surface area contributed by atoms with E-state index in [0.29, 0.717) is 32.2 Å². The number of hydrogen-bond acceptors (Lipinski definition) is 3. The zero-order valence-electron chi connectivity index (χ0n) is 15.2. The third-order valence-corrected chi connectivity index (χ3v) is 5.92. The first kappa shape index (κ1) is 19.2. The van der Waals surface area contributed by atoms with Crippen LogP contribution in [0, 0.1) is 5.41 Å². The van der Waals surface area contributed by atoms with Crippen LogP contribution in [0.25, 0.3) is 0 Å². The van der Waals surface area contributed by atoms with Crippen molar-refractivity contribution in [3.63, 3.8) is 0 Å². The lowest BCUT2D eigenvalue weighted by Crippen LogP contribution is -2.46. The number of amides is 1. The third kappa shape index (κ3) is 3.91. The molecule has 1 aromatic rings. The monoisotopic (exact) mass is 367 g/mol. The average molecular weight is 367 g/mol. The lowest BCUT2D eigenvalue weighted by atomic mass is 9.68. The van der Waals surface area contributed by atoms with Gasteiger partial charge >= 0.3 is 0 Å². The molecule has 1 saturated carbocycles. The largest absolute Gasteiger partial charge is 0.387 e. The van der Waals surface area contributed by atoms with Gasteiger partial charge in [-0.15, -0.1) is 0 Å². The molecule has 1 aliphatic carbocycles. The molecule has 0 bridgehead atoms. The summed E-state index contributed by atoms with van der Waals surface area (Å²) in [5.74, 6) is 0.122. The van der Waals surface area contributed by atoms with Crippen LogP contribution in [0.15, 0.2) is 24.3 Å². The smallest absolute Gasteiger partial charge is 0.261 e. The van der Waals surface area contributed by atoms with Gasteiger partial charge in [-0.25, -0.2) is 8.78 Å². The van der Waals surface area contributed by atoms with Crippen LogP contribution in [0.4, 0.5) is 14.5 Å². The van der Waals surface area contributed by atoms with Gasteiger partial charge < -0.3 is 14.7 Å². The molecule has 0 atom stereocenters. The first-order valence-corrected chi connectivity index (χ1v) is 9.37. The fraction of sp³-hybridized carbons (Fsp3) is 0.650. The van der Waals surface area contributed by atoms with Crippen molar-refractivity contribution in [2.24, 2.45) is 5.41 Å². The minimum atomic E-state index is -2.53. The molecule has 2 fully saturated rings. The maximum absolute atomic E-state index is 13.1. The Kier molecular flexibility index (Phi) is 5.63. The minimum Gasteiger partial charge on any atom is -0.387 e. The normalized spacial score (nSPS) is 29.1. The van der Waals surface area contributed by atoms with Crippen LogP contribution in [0.5, 0.6) is 0 Å². The van der Waals surface area contributed by atoms with Gasteiger partial charge in [-0.2, -0.15) is 0 Å². The Morgan fingerprint density at radius 2 is 1.81 bits per heavy atom. The van der Waals surface area contributed by atoms with Crippen LogP contribution < -0.4 is 4.90 Å². The number of hydrogen-bond donors (Lipinski definition) is 1. The van der Waals surface area contributed by atoms with Crippen molar-refractivity contribution >= 4 is 11.6 Å². The maximum atomic E-state index is 13.1. The van der Waals surface area contributed by atoms with Gasteiger partial charge in [0.25, 0.3) is 6.43 Å². The van der Waals surface area contributed by atoms with Gasteiger partial charge in [0.1, 0.15) is 6.61 Å². The third-order valence-electron chi connectivity index (χ3n) is 5.92. The van der Waals surface area contributed by atoms with Crippen LogP contribution in [-0.4, -0.2) is 42.8 Å². The number of halogens is 2. The molecule has 1 spiro atoms. The molecule has 4 nitrogen and oxygen atoms in total. The number of nitrogens with zero attached hydrogens (tertiary/aromatic N) is 1. The summed E-state index contributed by atoms with van der Waals surface area (Å²) >= 11 is 0. The van der Waals surface area contributed by atoms with Crippen molar-refractivity contribution in [2.45, 2.75) is 57.5 Å². The Morgan fingerprint density at radius 3 is 2.38 bits per heavy atom. The van der Waals surface area contributed by atoms with Crippen molar-refractivity contribution in [1.82, 2.24) is 0 Å². The highest BCUT2D eigenvalue weighted by atomic mass is 19.3. The predicted molar refractivity (Wildman–Crippen MR) is 95.5 cm³/mol. The molecule has 1 N–H and O–H groups in total. The van der Waals surface area contributed by atoms with Gasteiger partial charge in [-0.3, -0.25) is 4.79 Å². The van der Waals surface area contributed by atoms with E-state index in [2.05, 4.69) is 6.92 Å². The van der Waals surface area contributed by atoms with Crippen LogP contribution in [0.3, 0.4) is 0 Å². The van der Waals surface area contributed by atoms with Crippen LogP contribution >= 0.6 is 0 Å². The van der Waals surface area contributed by atoms with Crippen LogP contribution in [0.2, 0.25) is 0 Å². The van der Waals surface area contributed by atoms with E-state index in [4.69, 9.17) is 4.74 Å². The fourth-order valence-electron chi connectivity index (χ4n) is 4.12. The number of alkyl halides is 2. The topological polar surface area (TPSA) is 49.8 Å². The number of anilines is 1. The molecule has 2 aliphatic rings. The van der Waals surface area contributed by atoms with E-state index >= 15 is 0 Å². The summed E-state index contributed by atoms with van der Waals surface area (Å²) in [6.07, 6.45) is 1.17. The van der Waals surface area contributed by atoms with Gasteiger partial charge in [0.05, 0.1) is 17.6 Å². The lowest BCUT2D eigenvalue weighted by Gasteiger charge is -2.40. The van der Waals surface area contributed by atoms with Gasteiger partial charge in [0, 0.05) is 12.2 Å². The number of aliphatic hydroxyl groups is 1. The summed E-state index contributed by atoms with van der Waals surface area (Å²) in [5.41, 5.74) is 0.626. The van der Waals surface area contributed by atoms with E-state index in [1.54, 1.807) is 0 Å². The summed E-state index contributed by atoms with van der Waals surface area (Å²) in [4.78, 5) is 14.9. The van der Waals surface area contributed by atoms with Crippen molar-refractivity contribution in [3.8, 4) is 0 Å². The summed E-state index contributed by atoms with van der Waals surface area (Å²) < 4.78 is 29.3. The molecule has 6 heteroatoms. The Bertz CT molecular complexity index is 624. The summed E-state index contributed by atoms with van der Waals surface area (Å²) in [6.45, 7) is 2.03. The molecule has 1 heterocycles. The second-order valence-electron chi connectivity index (χ2n) is 7.64. The number of ether oxygens (including phenoxy) is 1. The highest BCUT2D eigenvalue weighted by molar-refractivity contribution is 6.00. The minimum absolute atomic E-state index is 0.0934. The standard InChI is InChI=1S/C20H27F2NO3/c1-2-15-3-5-16(6-4-15)23-12-11-19(18(23)24)7-9-20(25,10-8-19)14-26-13-17(21)22/h3-6,17,25H,2,7-14H2,1H3. The average Bonchev–Trinajstić information content (AvgIpc) is 2.94. The molecule has 0 radical (unpaired) electrons. The van der Waals surface area contributed by atoms with E-state index in [0.717, 1.165) is 18.5 Å². The Morgan fingerprint density at radius 1 is 1.15 bits per heavy atom. The number of benzene rings is 1. The number of rotatable bonds is 6. The summed E-state index contributed by atoms with van der Waals surface area (Å²) in [5, 5.41) is 10.6. The number of carbonyl (C=O) groups excluding carboxylic acids is 1. The Labute approximate surface area is 153 Å². The molecule has 1 saturated heterocycles. The van der Waals surface area contributed by atoms with E-state index in [-0.39, 0.29) is 12.5 Å². The van der Waals surface area contributed by atoms with Gasteiger partial charge in [0.15, 0.2) is 0 Å². The second-order valence-corrected chi connectivity index (χ2v) is 7.64. The van der Waals surface area contributed by atoms with E-state index in [1.165, 1.54) is 5.56 Å². The molecular weight excluding hydrogens is 340 g/mol. The SMILES string of the molecule is CCc1ccc(N2CCC3(CCC(O)(COCC(F)F)CC3)C2=O)cc1. The molecule has 1 aromatic carbocycles. The summed E-state index contributed by atoms with van der Waals surface area (Å²) in [7, 11) is 0. The highest BCUT2D eigenvalue weighted by Gasteiger charge is 2.51. The van der Waals surface area contributed by atoms with Gasteiger partial charge in [-0.1, -0.05) is 19.1 Å². The molecule has 1 aliphatic heterocycles. The first-order chi connectivity index (χ1) is 12.4. The maximum Gasteiger partial charge on any atom is 0.261 e. The van der Waals surface area contributed by atoms with Crippen molar-refractivity contribution in [1.29, 1.82) is 0 Å². The van der Waals surface area contributed by atoms with Crippen molar-refractivity contribution in [3.05, 3.63) is 29.8 Å². The van der Waals surface area contributed by atoms with Crippen LogP contribution in [0.1, 0.15) is 44.6 Å². The first-order valence-electron chi connectivity index (χ1n) is 9.37. The lowest BCUT2D eigenvalue weighted by molar-refractivity contribution is -0.135. The van der Waals surface area contributed by atoms with E-state index in [9.17, 15) is 18.7 Å². The van der Waals surface area contributed by atoms with Gasteiger partial charge in [-0.05, 0) is 56.2 Å². The van der Waals surface area contributed by atoms with Crippen molar-refractivity contribution in [2.75, 3.05) is 24.7 Å². The molecule has 0 unspecified atom stereocenters. The zero-order chi connectivity index (χ0) is 18.8. The molecule has 3 rings (SSSR count). The quantitative estimate of drug-likeness (QED) is 0.836. The number of aryl methyl sites for hydroxylation is 1. The highest BCUT2D eigenvalue weighted by Crippen LogP contribution is 2.48. The Hall–Kier alpha value is -1.53. The van der Waals surface area contributed by atoms with E-state index < -0.39 is 24.0 Å². The Balaban J connectivity index is 1.61. The fourth-order valence-corrected chi connectivity index (χ4v) is 4.12. The second kappa shape index (κ2) is 7.61. The molecular formula is C20H27F2NO3. The van der Waals surface area contributed by atoms with Crippen LogP contribution in [-0.2, 0) is 16.0 Å². The molecule has 0 aromatic heterocycles.